The summed E-state index contributed by atoms with van der Waals surface area (Å²) < 4.78 is 2.57. The number of aryl methyl sites for hydroxylation is 1. The molecule has 0 spiro atoms. The first-order valence-electron chi connectivity index (χ1n) is 3.43. The fourth-order valence-corrected chi connectivity index (χ4v) is 1.31. The minimum atomic E-state index is 0.209. The summed E-state index contributed by atoms with van der Waals surface area (Å²) in [6.07, 6.45) is 1.83. The first-order valence-corrected chi connectivity index (χ1v) is 3.83. The van der Waals surface area contributed by atoms with E-state index in [1.165, 1.54) is 0 Å². The molecule has 0 amide bonds. The average Bonchev–Trinajstić information content (AvgIpc) is 2.30. The quantitative estimate of drug-likeness (QED) is 0.542. The second kappa shape index (κ2) is 3.00. The Morgan fingerprint density at radius 2 is 2.45 bits per heavy atom. The molecule has 11 heavy (non-hydrogen) atoms. The van der Waals surface area contributed by atoms with Gasteiger partial charge in [0.2, 0.25) is 0 Å². The lowest BCUT2D eigenvalue weighted by Gasteiger charge is -2.07. The minimum absolute atomic E-state index is 0.209. The molecule has 0 bridgehead atoms. The first-order chi connectivity index (χ1) is 5.16. The average molecular weight is 169 g/mol. The molecular weight excluding hydrogens is 158 g/mol. The van der Waals surface area contributed by atoms with Crippen molar-refractivity contribution in [2.45, 2.75) is 19.9 Å². The molecule has 3 nitrogen and oxygen atoms in total. The molecule has 0 aromatic carbocycles. The maximum Gasteiger partial charge on any atom is 0.195 e. The number of hydrogen-bond acceptors (Lipinski definition) is 2. The summed E-state index contributed by atoms with van der Waals surface area (Å²) >= 11 is 5.01. The van der Waals surface area contributed by atoms with Crippen molar-refractivity contribution in [2.24, 2.45) is 0 Å². The minimum Gasteiger partial charge on any atom is -0.298 e. The second-order valence-electron chi connectivity index (χ2n) is 2.42. The molecule has 0 aliphatic carbocycles. The lowest BCUT2D eigenvalue weighted by molar-refractivity contribution is 0.631. The molecule has 1 atom stereocenters. The molecule has 1 aromatic heterocycles. The summed E-state index contributed by atoms with van der Waals surface area (Å²) in [6, 6.07) is 0.209. The predicted octanol–water partition coefficient (Wildman–Crippen LogP) is 2.00. The van der Waals surface area contributed by atoms with Crippen LogP contribution in [-0.2, 0) is 0 Å². The molecule has 0 aliphatic heterocycles. The van der Waals surface area contributed by atoms with Crippen molar-refractivity contribution in [2.75, 3.05) is 0 Å². The van der Waals surface area contributed by atoms with Gasteiger partial charge in [0.15, 0.2) is 4.77 Å². The topological polar surface area (TPSA) is 33.6 Å². The van der Waals surface area contributed by atoms with Gasteiger partial charge in [0.25, 0.3) is 0 Å². The Morgan fingerprint density at radius 1 is 1.82 bits per heavy atom. The lowest BCUT2D eigenvalue weighted by atomic mass is 10.3. The van der Waals surface area contributed by atoms with E-state index in [1.54, 1.807) is 0 Å². The molecule has 0 radical (unpaired) electrons. The van der Waals surface area contributed by atoms with Crippen LogP contribution in [0.4, 0.5) is 0 Å². The number of aromatic amines is 1. The Hall–Kier alpha value is -0.900. The Bertz CT molecular complexity index is 310. The standard InChI is InChI=1S/C7H11N3S/c1-4-5(2)10-6(3)8-9-7(10)11/h4-5H,1H2,2-3H3,(H,9,11). The molecule has 0 saturated carbocycles. The van der Waals surface area contributed by atoms with E-state index in [0.29, 0.717) is 4.77 Å². The van der Waals surface area contributed by atoms with Crippen molar-refractivity contribution in [3.05, 3.63) is 23.3 Å². The second-order valence-corrected chi connectivity index (χ2v) is 2.81. The zero-order valence-corrected chi connectivity index (χ0v) is 7.48. The van der Waals surface area contributed by atoms with Crippen LogP contribution in [0.15, 0.2) is 12.7 Å². The van der Waals surface area contributed by atoms with Gasteiger partial charge in [0.05, 0.1) is 6.04 Å². The van der Waals surface area contributed by atoms with Gasteiger partial charge in [-0.1, -0.05) is 6.08 Å². The SMILES string of the molecule is C=CC(C)n1c(C)n[nH]c1=S. The largest absolute Gasteiger partial charge is 0.298 e. The Morgan fingerprint density at radius 3 is 2.82 bits per heavy atom. The van der Waals surface area contributed by atoms with Gasteiger partial charge in [-0.15, -0.1) is 6.58 Å². The maximum absolute atomic E-state index is 5.01. The highest BCUT2D eigenvalue weighted by Crippen LogP contribution is 2.08. The van der Waals surface area contributed by atoms with E-state index in [2.05, 4.69) is 16.8 Å². The number of rotatable bonds is 2. The third-order valence-electron chi connectivity index (χ3n) is 1.63. The molecule has 60 valence electrons. The van der Waals surface area contributed by atoms with Crippen molar-refractivity contribution < 1.29 is 0 Å². The summed E-state index contributed by atoms with van der Waals surface area (Å²) in [6.45, 7) is 7.62. The summed E-state index contributed by atoms with van der Waals surface area (Å²) in [4.78, 5) is 0. The number of allylic oxidation sites excluding steroid dienone is 1. The predicted molar refractivity (Wildman–Crippen MR) is 47.1 cm³/mol. The molecule has 0 saturated heterocycles. The van der Waals surface area contributed by atoms with Gasteiger partial charge >= 0.3 is 0 Å². The summed E-state index contributed by atoms with van der Waals surface area (Å²) in [5, 5.41) is 6.70. The van der Waals surface area contributed by atoms with Gasteiger partial charge in [0.1, 0.15) is 5.82 Å². The molecule has 1 N–H and O–H groups in total. The third-order valence-corrected chi connectivity index (χ3v) is 1.92. The Balaban J connectivity index is 3.20. The van der Waals surface area contributed by atoms with Crippen molar-refractivity contribution in [3.63, 3.8) is 0 Å². The maximum atomic E-state index is 5.01. The number of nitrogens with one attached hydrogen (secondary N) is 1. The van der Waals surface area contributed by atoms with E-state index in [4.69, 9.17) is 12.2 Å². The lowest BCUT2D eigenvalue weighted by Crippen LogP contribution is -2.03. The fraction of sp³-hybridized carbons (Fsp3) is 0.429. The molecule has 1 rings (SSSR count). The van der Waals surface area contributed by atoms with Crippen molar-refractivity contribution in [1.82, 2.24) is 14.8 Å². The van der Waals surface area contributed by atoms with Crippen LogP contribution in [0.1, 0.15) is 18.8 Å². The van der Waals surface area contributed by atoms with Crippen LogP contribution in [0.3, 0.4) is 0 Å². The number of nitrogens with zero attached hydrogens (tertiary/aromatic N) is 2. The summed E-state index contributed by atoms with van der Waals surface area (Å²) in [5.41, 5.74) is 0. The zero-order valence-electron chi connectivity index (χ0n) is 6.66. The van der Waals surface area contributed by atoms with Crippen molar-refractivity contribution in [1.29, 1.82) is 0 Å². The number of aromatic nitrogens is 3. The van der Waals surface area contributed by atoms with E-state index in [0.717, 1.165) is 5.82 Å². The normalized spacial score (nSPS) is 12.9. The Kier molecular flexibility index (Phi) is 2.24. The van der Waals surface area contributed by atoms with E-state index >= 15 is 0 Å². The summed E-state index contributed by atoms with van der Waals surface area (Å²) in [5.74, 6) is 0.891. The molecule has 0 fully saturated rings. The summed E-state index contributed by atoms with van der Waals surface area (Å²) in [7, 11) is 0. The van der Waals surface area contributed by atoms with Gasteiger partial charge in [-0.2, -0.15) is 5.10 Å². The van der Waals surface area contributed by atoms with Crippen LogP contribution in [0, 0.1) is 11.7 Å². The highest BCUT2D eigenvalue weighted by Gasteiger charge is 2.04. The van der Waals surface area contributed by atoms with E-state index < -0.39 is 0 Å². The Labute approximate surface area is 70.8 Å². The smallest absolute Gasteiger partial charge is 0.195 e. The molecule has 1 unspecified atom stereocenters. The highest BCUT2D eigenvalue weighted by molar-refractivity contribution is 7.71. The van der Waals surface area contributed by atoms with Crippen molar-refractivity contribution in [3.8, 4) is 0 Å². The van der Waals surface area contributed by atoms with Crippen molar-refractivity contribution >= 4 is 12.2 Å². The first kappa shape index (κ1) is 8.20. The van der Waals surface area contributed by atoms with Crippen LogP contribution in [-0.4, -0.2) is 14.8 Å². The van der Waals surface area contributed by atoms with E-state index in [-0.39, 0.29) is 6.04 Å². The van der Waals surface area contributed by atoms with Gasteiger partial charge in [-0.25, -0.2) is 0 Å². The van der Waals surface area contributed by atoms with Gasteiger partial charge < -0.3 is 0 Å². The highest BCUT2D eigenvalue weighted by atomic mass is 32.1. The fourth-order valence-electron chi connectivity index (χ4n) is 0.968. The molecule has 1 heterocycles. The van der Waals surface area contributed by atoms with Gasteiger partial charge in [0, 0.05) is 0 Å². The zero-order chi connectivity index (χ0) is 8.43. The van der Waals surface area contributed by atoms with Crippen LogP contribution >= 0.6 is 12.2 Å². The van der Waals surface area contributed by atoms with Crippen LogP contribution < -0.4 is 0 Å². The van der Waals surface area contributed by atoms with Gasteiger partial charge in [-0.3, -0.25) is 9.67 Å². The number of H-pyrrole nitrogens is 1. The molecule has 0 aliphatic rings. The third kappa shape index (κ3) is 1.40. The van der Waals surface area contributed by atoms with Crippen LogP contribution in [0.25, 0.3) is 0 Å². The molecule has 1 aromatic rings. The van der Waals surface area contributed by atoms with Crippen LogP contribution in [0.5, 0.6) is 0 Å². The van der Waals surface area contributed by atoms with Gasteiger partial charge in [-0.05, 0) is 26.1 Å². The van der Waals surface area contributed by atoms with E-state index in [9.17, 15) is 0 Å². The van der Waals surface area contributed by atoms with Crippen LogP contribution in [0.2, 0.25) is 0 Å². The number of hydrogen-bond donors (Lipinski definition) is 1. The molecule has 4 heteroatoms. The monoisotopic (exact) mass is 169 g/mol. The van der Waals surface area contributed by atoms with E-state index in [1.807, 2.05) is 24.5 Å². The molecular formula is C7H11N3S.